The van der Waals surface area contributed by atoms with E-state index in [2.05, 4.69) is 10.3 Å². The van der Waals surface area contributed by atoms with Crippen LogP contribution in [0.5, 0.6) is 0 Å². The second-order valence-electron chi connectivity index (χ2n) is 10.6. The minimum absolute atomic E-state index is 0.0744. The second kappa shape index (κ2) is 17.9. The van der Waals surface area contributed by atoms with Crippen molar-refractivity contribution >= 4 is 58.5 Å². The van der Waals surface area contributed by atoms with E-state index in [1.165, 1.54) is 24.3 Å². The maximum Gasteiger partial charge on any atom is 0.468 e. The Bertz CT molecular complexity index is 1520. The normalized spacial score (nSPS) is 21.4. The van der Waals surface area contributed by atoms with Crippen molar-refractivity contribution in [2.75, 3.05) is 13.2 Å². The van der Waals surface area contributed by atoms with E-state index < -0.39 is 65.2 Å². The number of para-hydroxylation sites is 1. The molecule has 1 fully saturated rings. The molecule has 1 N–H and O–H groups in total. The molecule has 10 nitrogen and oxygen atoms in total. The summed E-state index contributed by atoms with van der Waals surface area (Å²) < 4.78 is 75.3. The van der Waals surface area contributed by atoms with E-state index in [0.29, 0.717) is 5.56 Å². The van der Waals surface area contributed by atoms with E-state index in [9.17, 15) is 22.8 Å². The first kappa shape index (κ1) is 38.2. The van der Waals surface area contributed by atoms with Crippen molar-refractivity contribution in [3.8, 4) is 0 Å². The summed E-state index contributed by atoms with van der Waals surface area (Å²) >= 11 is 17.2. The lowest BCUT2D eigenvalue weighted by molar-refractivity contribution is -0.270. The SMILES string of the molecule is CC(=O)O[C@H]1[C@H](OCc2ccccc2)[C@@H](NC(=O)OCC(Cl)(Cl)Cl)[C@H](OC(=Nc2ccccc2)C(F)(F)F)O[C@@H]1COCc1ccccc1. The molecule has 1 aliphatic heterocycles. The molecule has 1 heterocycles. The van der Waals surface area contributed by atoms with E-state index in [0.717, 1.165) is 12.5 Å². The topological polar surface area (TPSA) is 114 Å². The minimum atomic E-state index is -5.12. The highest BCUT2D eigenvalue weighted by atomic mass is 35.6. The fourth-order valence-electron chi connectivity index (χ4n) is 4.67. The van der Waals surface area contributed by atoms with Crippen molar-refractivity contribution < 1.29 is 51.2 Å². The molecule has 4 rings (SSSR count). The maximum atomic E-state index is 14.4. The zero-order chi connectivity index (χ0) is 35.4. The number of alkyl carbamates (subject to hydrolysis) is 1. The summed E-state index contributed by atoms with van der Waals surface area (Å²) in [5.74, 6) is -2.46. The summed E-state index contributed by atoms with van der Waals surface area (Å²) in [6, 6.07) is 23.4. The standard InChI is InChI=1S/C33H32Cl3F3N2O8/c1-21(42)47-27-25(19-44-17-22-11-5-2-6-12-22)48-29(49-30(33(37,38)39)40-24-15-9-4-10-16-24)26(41-31(43)46-20-32(34,35)36)28(27)45-18-23-13-7-3-8-14-23/h2-16,25-29H,17-20H2,1H3,(H,41,43)/t25-,26-,27-,28-,29+/m1/s1. The van der Waals surface area contributed by atoms with Gasteiger partial charge in [0, 0.05) is 6.92 Å². The Hall–Kier alpha value is -3.59. The van der Waals surface area contributed by atoms with Gasteiger partial charge in [-0.25, -0.2) is 9.79 Å². The van der Waals surface area contributed by atoms with Crippen molar-refractivity contribution in [1.82, 2.24) is 5.32 Å². The summed E-state index contributed by atoms with van der Waals surface area (Å²) in [5.41, 5.74) is 1.37. The molecule has 0 radical (unpaired) electrons. The van der Waals surface area contributed by atoms with Crippen LogP contribution < -0.4 is 5.32 Å². The van der Waals surface area contributed by atoms with E-state index in [1.807, 2.05) is 6.07 Å². The lowest BCUT2D eigenvalue weighted by Crippen LogP contribution is -2.67. The van der Waals surface area contributed by atoms with Gasteiger partial charge in [-0.1, -0.05) is 114 Å². The number of nitrogens with zero attached hydrogens (tertiary/aromatic N) is 1. The molecule has 3 aromatic rings. The molecule has 264 valence electrons. The van der Waals surface area contributed by atoms with Crippen molar-refractivity contribution in [2.24, 2.45) is 4.99 Å². The van der Waals surface area contributed by atoms with Crippen LogP contribution in [0, 0.1) is 0 Å². The van der Waals surface area contributed by atoms with Crippen LogP contribution in [0.2, 0.25) is 0 Å². The number of rotatable bonds is 12. The number of nitrogens with one attached hydrogen (secondary N) is 1. The van der Waals surface area contributed by atoms with Gasteiger partial charge in [0.25, 0.3) is 5.90 Å². The number of halogens is 6. The number of esters is 1. The fraction of sp³-hybridized carbons (Fsp3) is 0.364. The molecule has 3 aromatic carbocycles. The zero-order valence-corrected chi connectivity index (χ0v) is 28.1. The molecule has 1 saturated heterocycles. The monoisotopic (exact) mass is 746 g/mol. The molecule has 0 spiro atoms. The predicted octanol–water partition coefficient (Wildman–Crippen LogP) is 7.22. The molecule has 49 heavy (non-hydrogen) atoms. The van der Waals surface area contributed by atoms with E-state index in [-0.39, 0.29) is 25.5 Å². The van der Waals surface area contributed by atoms with Gasteiger partial charge in [0.05, 0.1) is 25.5 Å². The van der Waals surface area contributed by atoms with Gasteiger partial charge in [-0.05, 0) is 23.3 Å². The highest BCUT2D eigenvalue weighted by molar-refractivity contribution is 6.67. The molecular formula is C33H32Cl3F3N2O8. The highest BCUT2D eigenvalue weighted by Gasteiger charge is 2.53. The highest BCUT2D eigenvalue weighted by Crippen LogP contribution is 2.32. The van der Waals surface area contributed by atoms with Gasteiger partial charge in [0.1, 0.15) is 24.9 Å². The molecule has 0 saturated carbocycles. The van der Waals surface area contributed by atoms with Crippen LogP contribution in [0.3, 0.4) is 0 Å². The Labute approximate surface area is 295 Å². The zero-order valence-electron chi connectivity index (χ0n) is 25.9. The number of aliphatic imine (C=N–C) groups is 1. The third kappa shape index (κ3) is 12.7. The van der Waals surface area contributed by atoms with Crippen molar-refractivity contribution in [3.05, 3.63) is 102 Å². The molecule has 0 unspecified atom stereocenters. The number of alkyl halides is 6. The van der Waals surface area contributed by atoms with Gasteiger partial charge in [-0.2, -0.15) is 13.2 Å². The Balaban J connectivity index is 1.73. The van der Waals surface area contributed by atoms with Crippen LogP contribution in [0.1, 0.15) is 18.1 Å². The molecule has 1 aliphatic rings. The molecule has 0 bridgehead atoms. The van der Waals surface area contributed by atoms with E-state index >= 15 is 0 Å². The van der Waals surface area contributed by atoms with Crippen LogP contribution in [-0.4, -0.2) is 71.8 Å². The fourth-order valence-corrected chi connectivity index (χ4v) is 4.83. The first-order valence-electron chi connectivity index (χ1n) is 14.8. The molecule has 0 aromatic heterocycles. The molecule has 16 heteroatoms. The van der Waals surface area contributed by atoms with Crippen molar-refractivity contribution in [3.63, 3.8) is 0 Å². The average Bonchev–Trinajstić information content (AvgIpc) is 3.05. The summed E-state index contributed by atoms with van der Waals surface area (Å²) in [6.45, 7) is 0.0803. The largest absolute Gasteiger partial charge is 0.468 e. The summed E-state index contributed by atoms with van der Waals surface area (Å²) in [5, 5.41) is 2.39. The van der Waals surface area contributed by atoms with Crippen LogP contribution in [0.25, 0.3) is 0 Å². The Kier molecular flexibility index (Phi) is 13.9. The van der Waals surface area contributed by atoms with E-state index in [4.69, 9.17) is 63.2 Å². The van der Waals surface area contributed by atoms with Crippen molar-refractivity contribution in [2.45, 2.75) is 60.8 Å². The third-order valence-electron chi connectivity index (χ3n) is 6.74. The van der Waals surface area contributed by atoms with Crippen LogP contribution >= 0.6 is 34.8 Å². The summed E-state index contributed by atoms with van der Waals surface area (Å²) in [4.78, 5) is 29.0. The number of carbonyl (C=O) groups excluding carboxylic acids is 2. The summed E-state index contributed by atoms with van der Waals surface area (Å²) in [7, 11) is 0. The van der Waals surface area contributed by atoms with Gasteiger partial charge in [0.15, 0.2) is 6.10 Å². The van der Waals surface area contributed by atoms with Gasteiger partial charge >= 0.3 is 18.2 Å². The number of ether oxygens (including phenoxy) is 6. The van der Waals surface area contributed by atoms with Gasteiger partial charge in [-0.15, -0.1) is 0 Å². The number of hydrogen-bond acceptors (Lipinski definition) is 9. The number of hydrogen-bond donors (Lipinski definition) is 1. The van der Waals surface area contributed by atoms with Crippen LogP contribution in [-0.2, 0) is 46.4 Å². The molecule has 5 atom stereocenters. The average molecular weight is 748 g/mol. The number of amides is 1. The molecule has 1 amide bonds. The Morgan fingerprint density at radius 1 is 0.837 bits per heavy atom. The maximum absolute atomic E-state index is 14.4. The number of benzene rings is 3. The first-order chi connectivity index (χ1) is 23.3. The van der Waals surface area contributed by atoms with Crippen molar-refractivity contribution in [1.29, 1.82) is 0 Å². The lowest BCUT2D eigenvalue weighted by Gasteiger charge is -2.45. The van der Waals surface area contributed by atoms with Gasteiger partial charge < -0.3 is 33.7 Å². The smallest absolute Gasteiger partial charge is 0.457 e. The lowest BCUT2D eigenvalue weighted by atomic mass is 9.96. The molecular weight excluding hydrogens is 716 g/mol. The first-order valence-corrected chi connectivity index (χ1v) is 15.9. The second-order valence-corrected chi connectivity index (χ2v) is 13.1. The summed E-state index contributed by atoms with van der Waals surface area (Å²) in [6.07, 6.45) is -12.3. The minimum Gasteiger partial charge on any atom is -0.457 e. The quantitative estimate of drug-likeness (QED) is 0.0895. The van der Waals surface area contributed by atoms with Crippen LogP contribution in [0.15, 0.2) is 96.0 Å². The Morgan fingerprint density at radius 2 is 1.41 bits per heavy atom. The number of carbonyl (C=O) groups is 2. The van der Waals surface area contributed by atoms with Crippen LogP contribution in [0.4, 0.5) is 23.7 Å². The van der Waals surface area contributed by atoms with E-state index in [1.54, 1.807) is 60.7 Å². The van der Waals surface area contributed by atoms with Gasteiger partial charge in [-0.3, -0.25) is 4.79 Å². The molecule has 0 aliphatic carbocycles. The third-order valence-corrected chi connectivity index (χ3v) is 7.06. The predicted molar refractivity (Wildman–Crippen MR) is 175 cm³/mol. The Morgan fingerprint density at radius 3 is 1.96 bits per heavy atom. The van der Waals surface area contributed by atoms with Gasteiger partial charge in [0.2, 0.25) is 10.1 Å².